The van der Waals surface area contributed by atoms with Crippen molar-refractivity contribution < 1.29 is 25.3 Å². The highest BCUT2D eigenvalue weighted by molar-refractivity contribution is 7.90. The summed E-state index contributed by atoms with van der Waals surface area (Å²) in [5.41, 5.74) is 0.555. The predicted octanol–water partition coefficient (Wildman–Crippen LogP) is 0.401. The smallest absolute Gasteiger partial charge is 0.242 e. The van der Waals surface area contributed by atoms with Crippen LogP contribution in [0.3, 0.4) is 0 Å². The summed E-state index contributed by atoms with van der Waals surface area (Å²) in [5.74, 6) is 0.722. The number of nitrogens with one attached hydrogen (secondary N) is 2. The number of anilines is 1. The number of unbranched alkanes of at least 4 members (excludes halogenated alkanes) is 2. The van der Waals surface area contributed by atoms with Crippen molar-refractivity contribution in [3.8, 4) is 0 Å². The number of sulfone groups is 1. The summed E-state index contributed by atoms with van der Waals surface area (Å²) in [5, 5.41) is -0.434. The maximum absolute atomic E-state index is 12.6. The lowest BCUT2D eigenvalue weighted by atomic mass is 10.1. The largest absolute Gasteiger partial charge is 0.357 e. The fourth-order valence-electron chi connectivity index (χ4n) is 3.50. The standard InChI is InChI=1S/C18H32N4O6S3/c1-15-13-18(22-10-7-16(8-11-22)30(25,26)19-2)20-14-17(15)31(27,28)21-9-5-4-6-12-29(3,23)24/h13-14,16,19,21H,4-12H2,1-3H3. The van der Waals surface area contributed by atoms with Gasteiger partial charge in [0.1, 0.15) is 20.6 Å². The second-order valence-corrected chi connectivity index (χ2v) is 14.0. The fourth-order valence-corrected chi connectivity index (χ4v) is 6.63. The first-order valence-electron chi connectivity index (χ1n) is 10.2. The van der Waals surface area contributed by atoms with Gasteiger partial charge in [-0.25, -0.2) is 39.7 Å². The lowest BCUT2D eigenvalue weighted by Gasteiger charge is -2.32. The van der Waals surface area contributed by atoms with Crippen LogP contribution in [-0.4, -0.2) is 74.2 Å². The Morgan fingerprint density at radius 1 is 1.06 bits per heavy atom. The van der Waals surface area contributed by atoms with Gasteiger partial charge >= 0.3 is 0 Å². The van der Waals surface area contributed by atoms with Crippen molar-refractivity contribution in [2.75, 3.05) is 43.6 Å². The number of rotatable bonds is 11. The molecule has 1 aliphatic rings. The Hall–Kier alpha value is -1.28. The Morgan fingerprint density at radius 2 is 1.71 bits per heavy atom. The zero-order valence-electron chi connectivity index (χ0n) is 18.2. The second-order valence-electron chi connectivity index (χ2n) is 7.83. The molecule has 0 aromatic carbocycles. The zero-order chi connectivity index (χ0) is 23.3. The van der Waals surface area contributed by atoms with Crippen molar-refractivity contribution in [1.82, 2.24) is 14.4 Å². The van der Waals surface area contributed by atoms with Crippen molar-refractivity contribution in [2.45, 2.75) is 49.2 Å². The van der Waals surface area contributed by atoms with E-state index in [-0.39, 0.29) is 17.2 Å². The minimum Gasteiger partial charge on any atom is -0.357 e. The number of aryl methyl sites for hydroxylation is 1. The van der Waals surface area contributed by atoms with Crippen molar-refractivity contribution in [3.05, 3.63) is 17.8 Å². The van der Waals surface area contributed by atoms with E-state index < -0.39 is 35.1 Å². The zero-order valence-corrected chi connectivity index (χ0v) is 20.6. The van der Waals surface area contributed by atoms with Crippen LogP contribution in [0.5, 0.6) is 0 Å². The molecule has 10 nitrogen and oxygen atoms in total. The minimum atomic E-state index is -3.72. The van der Waals surface area contributed by atoms with E-state index in [0.29, 0.717) is 56.6 Å². The first-order valence-corrected chi connectivity index (χ1v) is 15.3. The molecule has 0 amide bonds. The Labute approximate surface area is 185 Å². The number of pyridine rings is 1. The van der Waals surface area contributed by atoms with Crippen LogP contribution >= 0.6 is 0 Å². The third kappa shape index (κ3) is 7.67. The van der Waals surface area contributed by atoms with E-state index in [2.05, 4.69) is 14.4 Å². The molecular weight excluding hydrogens is 464 g/mol. The molecule has 0 bridgehead atoms. The molecule has 31 heavy (non-hydrogen) atoms. The number of hydrogen-bond donors (Lipinski definition) is 2. The number of hydrogen-bond acceptors (Lipinski definition) is 8. The number of aromatic nitrogens is 1. The topological polar surface area (TPSA) is 143 Å². The van der Waals surface area contributed by atoms with E-state index in [1.807, 2.05) is 4.90 Å². The summed E-state index contributed by atoms with van der Waals surface area (Å²) < 4.78 is 76.2. The molecule has 0 unspecified atom stereocenters. The van der Waals surface area contributed by atoms with E-state index in [1.54, 1.807) is 13.0 Å². The van der Waals surface area contributed by atoms with E-state index in [4.69, 9.17) is 0 Å². The normalized spacial score (nSPS) is 16.5. The van der Waals surface area contributed by atoms with Crippen LogP contribution in [0.1, 0.15) is 37.7 Å². The highest BCUT2D eigenvalue weighted by Crippen LogP contribution is 2.24. The maximum atomic E-state index is 12.6. The molecule has 1 fully saturated rings. The third-order valence-electron chi connectivity index (χ3n) is 5.31. The van der Waals surface area contributed by atoms with Gasteiger partial charge in [0.15, 0.2) is 0 Å². The monoisotopic (exact) mass is 496 g/mol. The lowest BCUT2D eigenvalue weighted by molar-refractivity contribution is 0.522. The van der Waals surface area contributed by atoms with Crippen molar-refractivity contribution >= 4 is 35.7 Å². The molecule has 0 atom stereocenters. The molecule has 1 aromatic rings. The fraction of sp³-hybridized carbons (Fsp3) is 0.722. The van der Waals surface area contributed by atoms with Gasteiger partial charge in [-0.05, 0) is 51.3 Å². The maximum Gasteiger partial charge on any atom is 0.242 e. The Kier molecular flexibility index (Phi) is 8.85. The minimum absolute atomic E-state index is 0.0973. The molecule has 13 heteroatoms. The van der Waals surface area contributed by atoms with E-state index in [0.717, 1.165) is 0 Å². The van der Waals surface area contributed by atoms with Crippen LogP contribution in [0.2, 0.25) is 0 Å². The molecule has 178 valence electrons. The number of piperidine rings is 1. The molecule has 2 N–H and O–H groups in total. The van der Waals surface area contributed by atoms with Crippen LogP contribution in [0.15, 0.2) is 17.2 Å². The second kappa shape index (κ2) is 10.6. The molecule has 2 rings (SSSR count). The summed E-state index contributed by atoms with van der Waals surface area (Å²) in [7, 11) is -8.61. The third-order valence-corrected chi connectivity index (χ3v) is 9.85. The van der Waals surface area contributed by atoms with Crippen LogP contribution in [0.25, 0.3) is 0 Å². The Bertz CT molecular complexity index is 1060. The molecule has 2 heterocycles. The van der Waals surface area contributed by atoms with Crippen molar-refractivity contribution in [1.29, 1.82) is 0 Å². The van der Waals surface area contributed by atoms with Gasteiger partial charge in [0, 0.05) is 37.8 Å². The Balaban J connectivity index is 1.93. The quantitative estimate of drug-likeness (QED) is 0.419. The van der Waals surface area contributed by atoms with E-state index in [9.17, 15) is 25.3 Å². The summed E-state index contributed by atoms with van der Waals surface area (Å²) in [6, 6.07) is 1.70. The average Bonchev–Trinajstić information content (AvgIpc) is 2.69. The van der Waals surface area contributed by atoms with Crippen LogP contribution in [0.4, 0.5) is 5.82 Å². The summed E-state index contributed by atoms with van der Waals surface area (Å²) in [4.78, 5) is 6.35. The molecule has 0 spiro atoms. The van der Waals surface area contributed by atoms with Gasteiger partial charge in [-0.2, -0.15) is 0 Å². The lowest BCUT2D eigenvalue weighted by Crippen LogP contribution is -2.43. The molecule has 1 aromatic heterocycles. The van der Waals surface area contributed by atoms with Crippen LogP contribution < -0.4 is 14.3 Å². The highest BCUT2D eigenvalue weighted by Gasteiger charge is 2.29. The summed E-state index contributed by atoms with van der Waals surface area (Å²) >= 11 is 0. The molecule has 0 saturated carbocycles. The molecular formula is C18H32N4O6S3. The highest BCUT2D eigenvalue weighted by atomic mass is 32.2. The average molecular weight is 497 g/mol. The first-order chi connectivity index (χ1) is 14.4. The number of nitrogens with zero attached hydrogens (tertiary/aromatic N) is 2. The molecule has 0 radical (unpaired) electrons. The summed E-state index contributed by atoms with van der Waals surface area (Å²) in [6.45, 7) is 2.97. The van der Waals surface area contributed by atoms with Crippen molar-refractivity contribution in [3.63, 3.8) is 0 Å². The first kappa shape index (κ1) is 26.0. The van der Waals surface area contributed by atoms with Gasteiger partial charge in [0.05, 0.1) is 5.25 Å². The Morgan fingerprint density at radius 3 is 2.26 bits per heavy atom. The number of sulfonamides is 2. The van der Waals surface area contributed by atoms with Gasteiger partial charge in [0.2, 0.25) is 20.0 Å². The predicted molar refractivity (Wildman–Crippen MR) is 121 cm³/mol. The van der Waals surface area contributed by atoms with Crippen molar-refractivity contribution in [2.24, 2.45) is 0 Å². The van der Waals surface area contributed by atoms with E-state index in [1.165, 1.54) is 19.5 Å². The van der Waals surface area contributed by atoms with Gasteiger partial charge in [0.25, 0.3) is 0 Å². The van der Waals surface area contributed by atoms with Crippen LogP contribution in [-0.2, 0) is 29.9 Å². The molecule has 0 aliphatic carbocycles. The SMILES string of the molecule is CNS(=O)(=O)C1CCN(c2cc(C)c(S(=O)(=O)NCCCCCS(C)(=O)=O)cn2)CC1. The molecule has 1 saturated heterocycles. The summed E-state index contributed by atoms with van der Waals surface area (Å²) in [6.07, 6.45) is 5.13. The van der Waals surface area contributed by atoms with Gasteiger partial charge in [-0.15, -0.1) is 0 Å². The van der Waals surface area contributed by atoms with Gasteiger partial charge in [-0.1, -0.05) is 6.42 Å². The van der Waals surface area contributed by atoms with Crippen LogP contribution in [0, 0.1) is 6.92 Å². The molecule has 1 aliphatic heterocycles. The van der Waals surface area contributed by atoms with Gasteiger partial charge in [-0.3, -0.25) is 0 Å². The van der Waals surface area contributed by atoms with Gasteiger partial charge < -0.3 is 4.90 Å². The van der Waals surface area contributed by atoms with E-state index >= 15 is 0 Å².